The fourth-order valence-electron chi connectivity index (χ4n) is 1.84. The van der Waals surface area contributed by atoms with Gasteiger partial charge in [-0.2, -0.15) is 0 Å². The summed E-state index contributed by atoms with van der Waals surface area (Å²) in [6, 6.07) is 0.294. The van der Waals surface area contributed by atoms with E-state index in [0.717, 1.165) is 12.8 Å². The summed E-state index contributed by atoms with van der Waals surface area (Å²) in [4.78, 5) is 13.9. The van der Waals surface area contributed by atoms with Crippen LogP contribution in [0.5, 0.6) is 0 Å². The summed E-state index contributed by atoms with van der Waals surface area (Å²) in [5, 5.41) is 9.77. The highest BCUT2D eigenvalue weighted by Crippen LogP contribution is 2.27. The normalized spacial score (nSPS) is 17.2. The predicted molar refractivity (Wildman–Crippen MR) is 71.5 cm³/mol. The zero-order valence-corrected chi connectivity index (χ0v) is 12.3. The van der Waals surface area contributed by atoms with Crippen LogP contribution in [-0.4, -0.2) is 39.9 Å². The van der Waals surface area contributed by atoms with Crippen LogP contribution >= 0.6 is 0 Å². The molecule has 1 aliphatic rings. The molecular formula is C14H27NO3. The number of ether oxygens (including phenoxy) is 1. The van der Waals surface area contributed by atoms with Gasteiger partial charge in [0, 0.05) is 12.6 Å². The summed E-state index contributed by atoms with van der Waals surface area (Å²) >= 11 is 0. The topological polar surface area (TPSA) is 49.8 Å². The van der Waals surface area contributed by atoms with Gasteiger partial charge in [0.25, 0.3) is 0 Å². The maximum absolute atomic E-state index is 12.1. The number of nitrogens with zero attached hydrogens (tertiary/aromatic N) is 1. The van der Waals surface area contributed by atoms with Crippen molar-refractivity contribution in [3.8, 4) is 0 Å². The molecule has 0 unspecified atom stereocenters. The van der Waals surface area contributed by atoms with Gasteiger partial charge in [-0.05, 0) is 60.3 Å². The molecule has 0 aromatic carbocycles. The first-order valence-electron chi connectivity index (χ1n) is 6.80. The average molecular weight is 257 g/mol. The lowest BCUT2D eigenvalue weighted by Gasteiger charge is -2.39. The van der Waals surface area contributed by atoms with Crippen molar-refractivity contribution >= 4 is 6.09 Å². The van der Waals surface area contributed by atoms with Crippen LogP contribution in [0.1, 0.15) is 60.3 Å². The zero-order chi connectivity index (χ0) is 14.0. The number of rotatable bonds is 4. The Labute approximate surface area is 110 Å². The minimum absolute atomic E-state index is 0.253. The quantitative estimate of drug-likeness (QED) is 0.842. The van der Waals surface area contributed by atoms with Crippen LogP contribution in [0.2, 0.25) is 0 Å². The smallest absolute Gasteiger partial charge is 0.410 e. The largest absolute Gasteiger partial charge is 0.444 e. The molecule has 106 valence electrons. The van der Waals surface area contributed by atoms with E-state index >= 15 is 0 Å². The van der Waals surface area contributed by atoms with E-state index in [2.05, 4.69) is 0 Å². The lowest BCUT2D eigenvalue weighted by molar-refractivity contribution is -0.00317. The molecule has 0 aliphatic heterocycles. The highest BCUT2D eigenvalue weighted by atomic mass is 16.6. The van der Waals surface area contributed by atoms with E-state index in [4.69, 9.17) is 4.74 Å². The van der Waals surface area contributed by atoms with Gasteiger partial charge in [-0.15, -0.1) is 0 Å². The standard InChI is InChI=1S/C14H27NO3/c1-13(2,3)18-12(16)15(11-7-6-8-11)10-9-14(4,5)17/h11,17H,6-10H2,1-5H3. The number of carbonyl (C=O) groups excluding carboxylic acids is 1. The van der Waals surface area contributed by atoms with Crippen LogP contribution in [0.15, 0.2) is 0 Å². The van der Waals surface area contributed by atoms with Crippen molar-refractivity contribution in [3.05, 3.63) is 0 Å². The molecule has 0 bridgehead atoms. The predicted octanol–water partition coefficient (Wildman–Crippen LogP) is 2.94. The Hall–Kier alpha value is -0.770. The lowest BCUT2D eigenvalue weighted by atomic mass is 9.91. The van der Waals surface area contributed by atoms with Gasteiger partial charge >= 0.3 is 6.09 Å². The van der Waals surface area contributed by atoms with Gasteiger partial charge in [0.05, 0.1) is 5.60 Å². The van der Waals surface area contributed by atoms with Crippen LogP contribution in [0, 0.1) is 0 Å². The molecule has 0 spiro atoms. The van der Waals surface area contributed by atoms with Gasteiger partial charge in [0.2, 0.25) is 0 Å². The Morgan fingerprint density at radius 2 is 1.83 bits per heavy atom. The monoisotopic (exact) mass is 257 g/mol. The SMILES string of the molecule is CC(C)(O)CCN(C(=O)OC(C)(C)C)C1CCC1. The van der Waals surface area contributed by atoms with Crippen LogP contribution in [-0.2, 0) is 4.74 Å². The summed E-state index contributed by atoms with van der Waals surface area (Å²) < 4.78 is 5.43. The first kappa shape index (κ1) is 15.3. The summed E-state index contributed by atoms with van der Waals surface area (Å²) in [6.07, 6.45) is 3.59. The highest BCUT2D eigenvalue weighted by Gasteiger charge is 2.32. The third kappa shape index (κ3) is 5.25. The van der Waals surface area contributed by atoms with Gasteiger partial charge in [-0.3, -0.25) is 0 Å². The lowest BCUT2D eigenvalue weighted by Crippen LogP contribution is -2.48. The van der Waals surface area contributed by atoms with Crippen molar-refractivity contribution in [2.24, 2.45) is 0 Å². The zero-order valence-electron chi connectivity index (χ0n) is 12.3. The first-order valence-corrected chi connectivity index (χ1v) is 6.80. The summed E-state index contributed by atoms with van der Waals surface area (Å²) in [5.41, 5.74) is -1.21. The van der Waals surface area contributed by atoms with Crippen molar-refractivity contribution in [1.82, 2.24) is 4.90 Å². The van der Waals surface area contributed by atoms with Crippen LogP contribution in [0.4, 0.5) is 4.79 Å². The second-order valence-electron chi connectivity index (χ2n) is 6.82. The van der Waals surface area contributed by atoms with E-state index in [1.165, 1.54) is 6.42 Å². The van der Waals surface area contributed by atoms with Gasteiger partial charge in [-0.1, -0.05) is 0 Å². The van der Waals surface area contributed by atoms with Crippen LogP contribution < -0.4 is 0 Å². The molecule has 0 aromatic rings. The molecule has 1 saturated carbocycles. The highest BCUT2D eigenvalue weighted by molar-refractivity contribution is 5.68. The third-order valence-electron chi connectivity index (χ3n) is 3.11. The second kappa shape index (κ2) is 5.47. The molecule has 1 fully saturated rings. The molecule has 4 nitrogen and oxygen atoms in total. The molecule has 1 amide bonds. The maximum atomic E-state index is 12.1. The number of carbonyl (C=O) groups is 1. The molecular weight excluding hydrogens is 230 g/mol. The van der Waals surface area contributed by atoms with E-state index in [9.17, 15) is 9.90 Å². The fraction of sp³-hybridized carbons (Fsp3) is 0.929. The molecule has 4 heteroatoms. The Morgan fingerprint density at radius 1 is 1.28 bits per heavy atom. The van der Waals surface area contributed by atoms with Gasteiger partial charge in [0.1, 0.15) is 5.60 Å². The molecule has 0 radical (unpaired) electrons. The Balaban J connectivity index is 2.58. The van der Waals surface area contributed by atoms with Crippen molar-refractivity contribution in [1.29, 1.82) is 0 Å². The van der Waals surface area contributed by atoms with Gasteiger partial charge in [-0.25, -0.2) is 4.79 Å². The molecule has 0 heterocycles. The van der Waals surface area contributed by atoms with Gasteiger partial charge < -0.3 is 14.7 Å². The van der Waals surface area contributed by atoms with Crippen molar-refractivity contribution in [2.45, 2.75) is 77.5 Å². The molecule has 1 aliphatic carbocycles. The van der Waals surface area contributed by atoms with Crippen molar-refractivity contribution in [2.75, 3.05) is 6.54 Å². The van der Waals surface area contributed by atoms with E-state index in [1.807, 2.05) is 20.8 Å². The minimum Gasteiger partial charge on any atom is -0.444 e. The molecule has 0 saturated heterocycles. The maximum Gasteiger partial charge on any atom is 0.410 e. The van der Waals surface area contributed by atoms with E-state index in [-0.39, 0.29) is 6.09 Å². The Kier molecular flexibility index (Phi) is 4.65. The summed E-state index contributed by atoms with van der Waals surface area (Å²) in [5.74, 6) is 0. The number of hydrogen-bond acceptors (Lipinski definition) is 3. The van der Waals surface area contributed by atoms with Crippen molar-refractivity contribution in [3.63, 3.8) is 0 Å². The summed E-state index contributed by atoms with van der Waals surface area (Å²) in [7, 11) is 0. The second-order valence-corrected chi connectivity index (χ2v) is 6.82. The Morgan fingerprint density at radius 3 is 2.17 bits per heavy atom. The number of hydrogen-bond donors (Lipinski definition) is 1. The molecule has 18 heavy (non-hydrogen) atoms. The van der Waals surface area contributed by atoms with Crippen LogP contribution in [0.25, 0.3) is 0 Å². The fourth-order valence-corrected chi connectivity index (χ4v) is 1.84. The molecule has 1 N–H and O–H groups in total. The Bertz CT molecular complexity index is 284. The van der Waals surface area contributed by atoms with E-state index in [1.54, 1.807) is 18.7 Å². The average Bonchev–Trinajstić information content (AvgIpc) is 2.03. The van der Waals surface area contributed by atoms with Crippen LogP contribution in [0.3, 0.4) is 0 Å². The number of amides is 1. The van der Waals surface area contributed by atoms with E-state index < -0.39 is 11.2 Å². The third-order valence-corrected chi connectivity index (χ3v) is 3.11. The van der Waals surface area contributed by atoms with E-state index in [0.29, 0.717) is 19.0 Å². The molecule has 0 atom stereocenters. The van der Waals surface area contributed by atoms with Crippen molar-refractivity contribution < 1.29 is 14.6 Å². The summed E-state index contributed by atoms with van der Waals surface area (Å²) in [6.45, 7) is 9.71. The first-order chi connectivity index (χ1) is 8.08. The molecule has 1 rings (SSSR count). The van der Waals surface area contributed by atoms with Gasteiger partial charge in [0.15, 0.2) is 0 Å². The molecule has 0 aromatic heterocycles. The minimum atomic E-state index is -0.746. The number of aliphatic hydroxyl groups is 1.